The van der Waals surface area contributed by atoms with Gasteiger partial charge in [-0.1, -0.05) is 57.5 Å². The molecule has 1 amide bonds. The highest BCUT2D eigenvalue weighted by atomic mass is 28.3. The van der Waals surface area contributed by atoms with Gasteiger partial charge in [-0.2, -0.15) is 0 Å². The van der Waals surface area contributed by atoms with E-state index in [0.29, 0.717) is 18.5 Å². The number of rotatable bonds is 11. The van der Waals surface area contributed by atoms with Crippen molar-refractivity contribution in [2.24, 2.45) is 0 Å². The zero-order valence-corrected chi connectivity index (χ0v) is 24.8. The van der Waals surface area contributed by atoms with E-state index in [0.717, 1.165) is 41.7 Å². The van der Waals surface area contributed by atoms with E-state index in [2.05, 4.69) is 57.4 Å². The maximum Gasteiger partial charge on any atom is 0.412 e. The molecule has 1 radical (unpaired) electrons. The van der Waals surface area contributed by atoms with Gasteiger partial charge in [0.05, 0.1) is 5.69 Å². The van der Waals surface area contributed by atoms with Crippen molar-refractivity contribution in [3.8, 4) is 5.75 Å². The molecular weight excluding hydrogens is 482 g/mol. The number of aryl methyl sites for hydroxylation is 1. The molecule has 203 valence electrons. The van der Waals surface area contributed by atoms with Crippen LogP contribution < -0.4 is 9.74 Å². The fourth-order valence-electron chi connectivity index (χ4n) is 4.31. The van der Waals surface area contributed by atoms with Gasteiger partial charge < -0.3 is 14.3 Å². The molecule has 0 aliphatic carbocycles. The Kier molecular flexibility index (Phi) is 10.8. The molecule has 0 heterocycles. The number of ether oxygens (including phenoxy) is 1. The molecular formula is C30H44NO5Si. The van der Waals surface area contributed by atoms with Gasteiger partial charge >= 0.3 is 12.1 Å². The minimum absolute atomic E-state index is 0.178. The fraction of sp³-hybridized carbons (Fsp3) is 0.533. The average molecular weight is 527 g/mol. The van der Waals surface area contributed by atoms with Crippen LogP contribution in [0.15, 0.2) is 36.4 Å². The fourth-order valence-corrected chi connectivity index (χ4v) is 4.94. The molecule has 2 aromatic carbocycles. The van der Waals surface area contributed by atoms with Gasteiger partial charge in [-0.05, 0) is 75.7 Å². The van der Waals surface area contributed by atoms with Gasteiger partial charge in [0.1, 0.15) is 11.4 Å². The summed E-state index contributed by atoms with van der Waals surface area (Å²) in [6.45, 7) is 16.2. The smallest absolute Gasteiger partial charge is 0.412 e. The summed E-state index contributed by atoms with van der Waals surface area (Å²) in [6.07, 6.45) is 3.48. The van der Waals surface area contributed by atoms with Crippen molar-refractivity contribution < 1.29 is 23.9 Å². The lowest BCUT2D eigenvalue weighted by Gasteiger charge is -2.31. The zero-order valence-electron chi connectivity index (χ0n) is 23.8. The van der Waals surface area contributed by atoms with E-state index in [-0.39, 0.29) is 11.8 Å². The highest BCUT2D eigenvalue weighted by molar-refractivity contribution is 6.49. The number of carbonyl (C=O) groups excluding carboxylic acids is 1. The number of carbonyl (C=O) groups is 2. The lowest BCUT2D eigenvalue weighted by molar-refractivity contribution is -0.137. The van der Waals surface area contributed by atoms with E-state index >= 15 is 0 Å². The van der Waals surface area contributed by atoms with E-state index in [4.69, 9.17) is 14.3 Å². The van der Waals surface area contributed by atoms with E-state index in [1.165, 1.54) is 5.56 Å². The minimum Gasteiger partial charge on any atom is -0.542 e. The molecule has 0 spiro atoms. The standard InChI is InChI=1S/C30H44NO5Si/c1-29(2,3)26-24(31-28(34)35-30(4,5)6)20-22(17-13-10-14-18-25(32)33)23(27(26)36-37(7)8)19-21-15-11-9-12-16-21/h9,11-12,15-16,20H,10,13-14,17-19H2,1-8H3,(H,31,34)(H,32,33). The second kappa shape index (κ2) is 13.1. The Bertz CT molecular complexity index is 1050. The first-order chi connectivity index (χ1) is 17.2. The SMILES string of the molecule is C[Si](C)Oc1c(Cc2ccccc2)c(CCCCCC(=O)O)cc(NC(=O)OC(C)(C)C)c1C(C)(C)C. The summed E-state index contributed by atoms with van der Waals surface area (Å²) < 4.78 is 12.2. The van der Waals surface area contributed by atoms with Gasteiger partial charge in [0.2, 0.25) is 0 Å². The summed E-state index contributed by atoms with van der Waals surface area (Å²) in [4.78, 5) is 23.8. The van der Waals surface area contributed by atoms with Gasteiger partial charge in [0.15, 0.2) is 0 Å². The van der Waals surface area contributed by atoms with E-state index in [9.17, 15) is 9.59 Å². The van der Waals surface area contributed by atoms with Crippen LogP contribution in [0.25, 0.3) is 0 Å². The Balaban J connectivity index is 2.65. The van der Waals surface area contributed by atoms with Gasteiger partial charge in [-0.15, -0.1) is 0 Å². The Hall–Kier alpha value is -2.80. The number of anilines is 1. The number of carboxylic acid groups (broad SMARTS) is 1. The third-order valence-electron chi connectivity index (χ3n) is 5.73. The van der Waals surface area contributed by atoms with Crippen molar-refractivity contribution in [3.05, 3.63) is 58.7 Å². The first-order valence-electron chi connectivity index (χ1n) is 13.1. The zero-order chi connectivity index (χ0) is 27.8. The summed E-state index contributed by atoms with van der Waals surface area (Å²) in [5, 5.41) is 12.0. The molecule has 0 aromatic heterocycles. The molecule has 0 saturated carbocycles. The topological polar surface area (TPSA) is 84.9 Å². The summed E-state index contributed by atoms with van der Waals surface area (Å²) in [5.74, 6) is 0.0868. The van der Waals surface area contributed by atoms with Crippen LogP contribution in [0.4, 0.5) is 10.5 Å². The molecule has 0 atom stereocenters. The van der Waals surface area contributed by atoms with Gasteiger partial charge in [0, 0.05) is 24.0 Å². The third-order valence-corrected chi connectivity index (χ3v) is 6.34. The lowest BCUT2D eigenvalue weighted by atomic mass is 9.81. The molecule has 2 aromatic rings. The number of aliphatic carboxylic acids is 1. The van der Waals surface area contributed by atoms with Crippen LogP contribution in [0, 0.1) is 0 Å². The molecule has 0 unspecified atom stereocenters. The first kappa shape index (κ1) is 30.4. The maximum absolute atomic E-state index is 12.9. The first-order valence-corrected chi connectivity index (χ1v) is 15.5. The minimum atomic E-state index is -1.12. The molecule has 7 heteroatoms. The number of carboxylic acids is 1. The second-order valence-corrected chi connectivity index (χ2v) is 13.8. The van der Waals surface area contributed by atoms with Crippen molar-refractivity contribution in [1.29, 1.82) is 0 Å². The van der Waals surface area contributed by atoms with E-state index in [1.807, 2.05) is 39.0 Å². The quantitative estimate of drug-likeness (QED) is 0.231. The second-order valence-electron chi connectivity index (χ2n) is 11.8. The molecule has 0 aliphatic rings. The number of unbranched alkanes of at least 4 members (excludes halogenated alkanes) is 2. The molecule has 2 N–H and O–H groups in total. The van der Waals surface area contributed by atoms with Crippen molar-refractivity contribution in [2.75, 3.05) is 5.32 Å². The number of amides is 1. The normalized spacial score (nSPS) is 11.9. The van der Waals surface area contributed by atoms with Crippen LogP contribution in [0.1, 0.15) is 89.5 Å². The predicted molar refractivity (Wildman–Crippen MR) is 152 cm³/mol. The molecule has 0 aliphatic heterocycles. The third kappa shape index (κ3) is 10.2. The molecule has 0 fully saturated rings. The van der Waals surface area contributed by atoms with E-state index in [1.54, 1.807) is 0 Å². The largest absolute Gasteiger partial charge is 0.542 e. The van der Waals surface area contributed by atoms with Gasteiger partial charge in [-0.25, -0.2) is 4.79 Å². The maximum atomic E-state index is 12.9. The Labute approximate surface area is 224 Å². The van der Waals surface area contributed by atoms with Crippen molar-refractivity contribution in [2.45, 2.75) is 104 Å². The summed E-state index contributed by atoms with van der Waals surface area (Å²) in [7, 11) is -1.12. The van der Waals surface area contributed by atoms with Crippen molar-refractivity contribution in [1.82, 2.24) is 0 Å². The summed E-state index contributed by atoms with van der Waals surface area (Å²) in [5.41, 5.74) is 4.18. The van der Waals surface area contributed by atoms with E-state index < -0.39 is 26.7 Å². The van der Waals surface area contributed by atoms with Crippen LogP contribution in [0.3, 0.4) is 0 Å². The lowest BCUT2D eigenvalue weighted by Crippen LogP contribution is -2.29. The Morgan fingerprint density at radius 1 is 0.973 bits per heavy atom. The van der Waals surface area contributed by atoms with Crippen LogP contribution in [-0.4, -0.2) is 31.8 Å². The van der Waals surface area contributed by atoms with Crippen LogP contribution in [0.2, 0.25) is 13.1 Å². The number of hydrogen-bond donors (Lipinski definition) is 2. The van der Waals surface area contributed by atoms with Crippen molar-refractivity contribution in [3.63, 3.8) is 0 Å². The van der Waals surface area contributed by atoms with Crippen molar-refractivity contribution >= 4 is 26.8 Å². The summed E-state index contributed by atoms with van der Waals surface area (Å²) >= 11 is 0. The van der Waals surface area contributed by atoms with Crippen LogP contribution in [-0.2, 0) is 27.8 Å². The highest BCUT2D eigenvalue weighted by Crippen LogP contribution is 2.43. The Morgan fingerprint density at radius 2 is 1.62 bits per heavy atom. The average Bonchev–Trinajstić information content (AvgIpc) is 2.73. The number of hydrogen-bond acceptors (Lipinski definition) is 4. The predicted octanol–water partition coefficient (Wildman–Crippen LogP) is 7.74. The summed E-state index contributed by atoms with van der Waals surface area (Å²) in [6, 6.07) is 12.4. The molecule has 37 heavy (non-hydrogen) atoms. The molecule has 0 bridgehead atoms. The molecule has 0 saturated heterocycles. The Morgan fingerprint density at radius 3 is 2.16 bits per heavy atom. The number of benzene rings is 2. The monoisotopic (exact) mass is 526 g/mol. The van der Waals surface area contributed by atoms with Crippen LogP contribution in [0.5, 0.6) is 5.75 Å². The number of nitrogens with one attached hydrogen (secondary N) is 1. The van der Waals surface area contributed by atoms with Gasteiger partial charge in [-0.3, -0.25) is 10.1 Å². The highest BCUT2D eigenvalue weighted by Gasteiger charge is 2.30. The molecule has 2 rings (SSSR count). The molecule has 6 nitrogen and oxygen atoms in total. The van der Waals surface area contributed by atoms with Crippen LogP contribution >= 0.6 is 0 Å². The van der Waals surface area contributed by atoms with Gasteiger partial charge in [0.25, 0.3) is 9.04 Å².